The Balaban J connectivity index is 1.41. The molecule has 36 heavy (non-hydrogen) atoms. The number of benzene rings is 3. The highest BCUT2D eigenvalue weighted by Crippen LogP contribution is 2.27. The molecule has 5 aromatic rings. The van der Waals surface area contributed by atoms with E-state index in [0.29, 0.717) is 29.6 Å². The lowest BCUT2D eigenvalue weighted by atomic mass is 10.1. The van der Waals surface area contributed by atoms with Crippen LogP contribution in [0.4, 0.5) is 5.69 Å². The Labute approximate surface area is 211 Å². The van der Waals surface area contributed by atoms with Crippen molar-refractivity contribution >= 4 is 34.1 Å². The van der Waals surface area contributed by atoms with E-state index >= 15 is 0 Å². The molecule has 0 bridgehead atoms. The van der Waals surface area contributed by atoms with Crippen LogP contribution in [-0.4, -0.2) is 38.2 Å². The van der Waals surface area contributed by atoms with E-state index in [0.717, 1.165) is 11.3 Å². The largest absolute Gasteiger partial charge is 0.409 e. The van der Waals surface area contributed by atoms with E-state index in [-0.39, 0.29) is 28.3 Å². The molecule has 3 aromatic carbocycles. The highest BCUT2D eigenvalue weighted by molar-refractivity contribution is 7.99. The molecular weight excluding hydrogens is 474 g/mol. The second kappa shape index (κ2) is 10.6. The summed E-state index contributed by atoms with van der Waals surface area (Å²) in [6, 6.07) is 26.4. The van der Waals surface area contributed by atoms with E-state index in [1.807, 2.05) is 85.8 Å². The van der Waals surface area contributed by atoms with Crippen molar-refractivity contribution in [1.29, 1.82) is 0 Å². The minimum absolute atomic E-state index is 0.0616. The molecule has 0 N–H and O–H groups in total. The minimum atomic E-state index is -0.196. The fraction of sp³-hybridized carbons (Fsp3) is 0.148. The van der Waals surface area contributed by atoms with Gasteiger partial charge in [-0.2, -0.15) is 5.10 Å². The van der Waals surface area contributed by atoms with E-state index in [1.54, 1.807) is 11.0 Å². The van der Waals surface area contributed by atoms with Gasteiger partial charge in [-0.15, -0.1) is 10.2 Å². The summed E-state index contributed by atoms with van der Waals surface area (Å²) in [6.45, 7) is 2.80. The molecule has 0 saturated heterocycles. The third-order valence-electron chi connectivity index (χ3n) is 5.66. The van der Waals surface area contributed by atoms with Crippen molar-refractivity contribution < 1.29 is 9.21 Å². The van der Waals surface area contributed by atoms with Crippen LogP contribution in [0.15, 0.2) is 99.4 Å². The summed E-state index contributed by atoms with van der Waals surface area (Å²) in [5.41, 5.74) is 2.02. The number of rotatable bonds is 8. The summed E-state index contributed by atoms with van der Waals surface area (Å²) in [5, 5.41) is 14.3. The molecule has 1 amide bonds. The molecule has 8 nitrogen and oxygen atoms in total. The third kappa shape index (κ3) is 4.92. The summed E-state index contributed by atoms with van der Waals surface area (Å²) in [4.78, 5) is 27.6. The van der Waals surface area contributed by atoms with E-state index in [9.17, 15) is 9.59 Å². The van der Waals surface area contributed by atoms with Gasteiger partial charge < -0.3 is 9.32 Å². The number of aromatic nitrogens is 4. The SMILES string of the molecule is CCN(C(=O)CSc1nnc(-c2nn(Cc3ccccc3)c(=O)c3ccccc23)o1)c1ccccc1. The number of nitrogens with zero attached hydrogens (tertiary/aromatic N) is 5. The summed E-state index contributed by atoms with van der Waals surface area (Å²) >= 11 is 1.17. The summed E-state index contributed by atoms with van der Waals surface area (Å²) in [5.74, 6) is 0.276. The minimum Gasteiger partial charge on any atom is -0.409 e. The lowest BCUT2D eigenvalue weighted by Gasteiger charge is -2.20. The predicted molar refractivity (Wildman–Crippen MR) is 140 cm³/mol. The fourth-order valence-electron chi connectivity index (χ4n) is 3.93. The van der Waals surface area contributed by atoms with Gasteiger partial charge in [-0.25, -0.2) is 4.68 Å². The van der Waals surface area contributed by atoms with Crippen molar-refractivity contribution in [2.45, 2.75) is 18.7 Å². The molecule has 0 radical (unpaired) electrons. The zero-order chi connectivity index (χ0) is 24.9. The first kappa shape index (κ1) is 23.5. The number of thioether (sulfide) groups is 1. The monoisotopic (exact) mass is 497 g/mol. The normalized spacial score (nSPS) is 11.0. The Morgan fingerprint density at radius 2 is 1.58 bits per heavy atom. The molecule has 0 aliphatic heterocycles. The van der Waals surface area contributed by atoms with Crippen molar-refractivity contribution in [3.63, 3.8) is 0 Å². The molecule has 0 saturated carbocycles. The number of fused-ring (bicyclic) bond motifs is 1. The van der Waals surface area contributed by atoms with Crippen LogP contribution >= 0.6 is 11.8 Å². The van der Waals surface area contributed by atoms with Gasteiger partial charge in [-0.3, -0.25) is 9.59 Å². The average Bonchev–Trinajstić information content (AvgIpc) is 3.40. The molecule has 2 heterocycles. The van der Waals surface area contributed by atoms with Crippen LogP contribution in [0.5, 0.6) is 0 Å². The molecule has 0 unspecified atom stereocenters. The van der Waals surface area contributed by atoms with Crippen LogP contribution in [0.3, 0.4) is 0 Å². The standard InChI is InChI=1S/C27H23N5O3S/c1-2-31(20-13-7-4-8-14-20)23(33)18-36-27-29-28-25(35-27)24-21-15-9-10-16-22(21)26(34)32(30-24)17-19-11-5-3-6-12-19/h3-16H,2,17-18H2,1H3. The van der Waals surface area contributed by atoms with Crippen molar-refractivity contribution in [3.05, 3.63) is 101 Å². The van der Waals surface area contributed by atoms with Crippen molar-refractivity contribution in [2.75, 3.05) is 17.2 Å². The predicted octanol–water partition coefficient (Wildman–Crippen LogP) is 4.64. The summed E-state index contributed by atoms with van der Waals surface area (Å²) in [6.07, 6.45) is 0. The van der Waals surface area contributed by atoms with Gasteiger partial charge in [-0.1, -0.05) is 78.5 Å². The Bertz CT molecular complexity index is 1550. The second-order valence-electron chi connectivity index (χ2n) is 7.98. The van der Waals surface area contributed by atoms with Gasteiger partial charge in [0, 0.05) is 17.6 Å². The number of para-hydroxylation sites is 1. The topological polar surface area (TPSA) is 94.1 Å². The Morgan fingerprint density at radius 1 is 0.917 bits per heavy atom. The number of hydrogen-bond donors (Lipinski definition) is 0. The van der Waals surface area contributed by atoms with E-state index in [4.69, 9.17) is 4.42 Å². The molecule has 0 aliphatic carbocycles. The van der Waals surface area contributed by atoms with Crippen LogP contribution in [-0.2, 0) is 11.3 Å². The highest BCUT2D eigenvalue weighted by Gasteiger charge is 2.20. The zero-order valence-electron chi connectivity index (χ0n) is 19.6. The molecule has 2 aromatic heterocycles. The lowest BCUT2D eigenvalue weighted by molar-refractivity contribution is -0.116. The molecule has 180 valence electrons. The highest BCUT2D eigenvalue weighted by atomic mass is 32.2. The average molecular weight is 498 g/mol. The van der Waals surface area contributed by atoms with Gasteiger partial charge in [0.2, 0.25) is 5.91 Å². The van der Waals surface area contributed by atoms with Gasteiger partial charge in [0.05, 0.1) is 17.7 Å². The maximum absolute atomic E-state index is 13.1. The Hall–Kier alpha value is -4.24. The number of hydrogen-bond acceptors (Lipinski definition) is 7. The first-order valence-electron chi connectivity index (χ1n) is 11.5. The summed E-state index contributed by atoms with van der Waals surface area (Å²) in [7, 11) is 0. The van der Waals surface area contributed by atoms with Crippen LogP contribution in [0.1, 0.15) is 12.5 Å². The van der Waals surface area contributed by atoms with Gasteiger partial charge in [0.1, 0.15) is 0 Å². The Kier molecular flexibility index (Phi) is 6.90. The van der Waals surface area contributed by atoms with Crippen LogP contribution in [0.2, 0.25) is 0 Å². The summed E-state index contributed by atoms with van der Waals surface area (Å²) < 4.78 is 7.29. The lowest BCUT2D eigenvalue weighted by Crippen LogP contribution is -2.32. The van der Waals surface area contributed by atoms with Gasteiger partial charge >= 0.3 is 0 Å². The maximum atomic E-state index is 13.1. The van der Waals surface area contributed by atoms with Crippen LogP contribution in [0, 0.1) is 0 Å². The molecule has 5 rings (SSSR count). The smallest absolute Gasteiger partial charge is 0.277 e. The van der Waals surface area contributed by atoms with Gasteiger partial charge in [-0.05, 0) is 30.7 Å². The van der Waals surface area contributed by atoms with Crippen molar-refractivity contribution in [1.82, 2.24) is 20.0 Å². The molecule has 9 heteroatoms. The molecule has 0 fully saturated rings. The molecule has 0 spiro atoms. The number of carbonyl (C=O) groups excluding carboxylic acids is 1. The zero-order valence-corrected chi connectivity index (χ0v) is 20.4. The molecule has 0 atom stereocenters. The second-order valence-corrected chi connectivity index (χ2v) is 8.90. The third-order valence-corrected chi connectivity index (χ3v) is 6.46. The van der Waals surface area contributed by atoms with E-state index in [2.05, 4.69) is 15.3 Å². The van der Waals surface area contributed by atoms with Crippen LogP contribution in [0.25, 0.3) is 22.4 Å². The molecule has 0 aliphatic rings. The van der Waals surface area contributed by atoms with E-state index in [1.165, 1.54) is 16.4 Å². The Morgan fingerprint density at radius 3 is 2.31 bits per heavy atom. The van der Waals surface area contributed by atoms with Crippen molar-refractivity contribution in [2.24, 2.45) is 0 Å². The van der Waals surface area contributed by atoms with Crippen LogP contribution < -0.4 is 10.5 Å². The van der Waals surface area contributed by atoms with Crippen molar-refractivity contribution in [3.8, 4) is 11.6 Å². The quantitative estimate of drug-likeness (QED) is 0.288. The van der Waals surface area contributed by atoms with Gasteiger partial charge in [0.15, 0.2) is 5.69 Å². The number of carbonyl (C=O) groups is 1. The van der Waals surface area contributed by atoms with Gasteiger partial charge in [0.25, 0.3) is 16.7 Å². The number of anilines is 1. The first-order chi connectivity index (χ1) is 17.6. The van der Waals surface area contributed by atoms with E-state index < -0.39 is 0 Å². The fourth-order valence-corrected chi connectivity index (χ4v) is 4.57. The molecular formula is C27H23N5O3S. The maximum Gasteiger partial charge on any atom is 0.277 e. The first-order valence-corrected chi connectivity index (χ1v) is 12.5. The number of amides is 1.